The molecule has 2 aromatic rings. The van der Waals surface area contributed by atoms with E-state index in [9.17, 15) is 9.59 Å². The first-order valence-electron chi connectivity index (χ1n) is 7.09. The van der Waals surface area contributed by atoms with Gasteiger partial charge in [0, 0.05) is 24.6 Å². The average Bonchev–Trinajstić information content (AvgIpc) is 2.89. The Morgan fingerprint density at radius 2 is 1.95 bits per heavy atom. The van der Waals surface area contributed by atoms with Gasteiger partial charge in [0.1, 0.15) is 5.76 Å². The number of hydrogen-bond acceptors (Lipinski definition) is 3. The molecule has 108 valence electrons. The number of anilines is 1. The molecule has 1 aliphatic rings. The molecular formula is C17H17NO3. The maximum atomic E-state index is 12.2. The van der Waals surface area contributed by atoms with Crippen molar-refractivity contribution >= 4 is 17.4 Å². The first-order valence-corrected chi connectivity index (χ1v) is 7.09. The van der Waals surface area contributed by atoms with Crippen LogP contribution in [0.1, 0.15) is 50.6 Å². The average molecular weight is 283 g/mol. The van der Waals surface area contributed by atoms with Gasteiger partial charge in [-0.2, -0.15) is 0 Å². The van der Waals surface area contributed by atoms with Crippen LogP contribution in [0.25, 0.3) is 0 Å². The molecule has 0 atom stereocenters. The zero-order chi connectivity index (χ0) is 15.0. The Morgan fingerprint density at radius 1 is 1.14 bits per heavy atom. The zero-order valence-corrected chi connectivity index (χ0v) is 12.2. The van der Waals surface area contributed by atoms with Crippen LogP contribution in [0.3, 0.4) is 0 Å². The third-order valence-electron chi connectivity index (χ3n) is 3.91. The van der Waals surface area contributed by atoms with Crippen molar-refractivity contribution in [1.82, 2.24) is 0 Å². The molecule has 1 aliphatic carbocycles. The van der Waals surface area contributed by atoms with E-state index in [4.69, 9.17) is 4.42 Å². The van der Waals surface area contributed by atoms with E-state index >= 15 is 0 Å². The molecule has 0 saturated carbocycles. The molecule has 1 N–H and O–H groups in total. The van der Waals surface area contributed by atoms with Crippen LogP contribution in [0.2, 0.25) is 0 Å². The van der Waals surface area contributed by atoms with Gasteiger partial charge >= 0.3 is 0 Å². The summed E-state index contributed by atoms with van der Waals surface area (Å²) in [4.78, 5) is 24.0. The molecule has 0 spiro atoms. The lowest BCUT2D eigenvalue weighted by molar-refractivity contribution is 0.0963. The van der Waals surface area contributed by atoms with Crippen molar-refractivity contribution in [3.05, 3.63) is 52.5 Å². The molecule has 0 aliphatic heterocycles. The summed E-state index contributed by atoms with van der Waals surface area (Å²) in [5.74, 6) is 0.579. The number of carbonyl (C=O) groups excluding carboxylic acids is 2. The number of rotatable bonds is 2. The third-order valence-corrected chi connectivity index (χ3v) is 3.91. The topological polar surface area (TPSA) is 59.3 Å². The molecule has 0 fully saturated rings. The summed E-state index contributed by atoms with van der Waals surface area (Å²) in [6.07, 6.45) is 2.04. The van der Waals surface area contributed by atoms with Crippen LogP contribution in [0.4, 0.5) is 5.69 Å². The fourth-order valence-electron chi connectivity index (χ4n) is 2.52. The molecule has 0 saturated heterocycles. The van der Waals surface area contributed by atoms with E-state index in [-0.39, 0.29) is 17.5 Å². The van der Waals surface area contributed by atoms with Gasteiger partial charge in [-0.25, -0.2) is 0 Å². The minimum atomic E-state index is -0.319. The smallest absolute Gasteiger partial charge is 0.291 e. The second-order valence-electron chi connectivity index (χ2n) is 5.48. The predicted octanol–water partition coefficient (Wildman–Crippen LogP) is 3.67. The highest BCUT2D eigenvalue weighted by molar-refractivity contribution is 6.05. The number of ketones is 1. The summed E-state index contributed by atoms with van der Waals surface area (Å²) >= 11 is 0. The summed E-state index contributed by atoms with van der Waals surface area (Å²) in [6, 6.07) is 7.30. The highest BCUT2D eigenvalue weighted by Crippen LogP contribution is 2.25. The van der Waals surface area contributed by atoms with Gasteiger partial charge in [-0.1, -0.05) is 6.07 Å². The zero-order valence-electron chi connectivity index (χ0n) is 12.2. The first-order chi connectivity index (χ1) is 10.0. The number of amides is 1. The molecule has 1 amide bonds. The molecule has 4 heteroatoms. The number of fused-ring (bicyclic) bond motifs is 1. The number of benzene rings is 1. The summed E-state index contributed by atoms with van der Waals surface area (Å²) in [6.45, 7) is 4.02. The maximum Gasteiger partial charge on any atom is 0.291 e. The lowest BCUT2D eigenvalue weighted by Gasteiger charge is -2.07. The van der Waals surface area contributed by atoms with Crippen LogP contribution in [0.5, 0.6) is 0 Å². The fourth-order valence-corrected chi connectivity index (χ4v) is 2.52. The van der Waals surface area contributed by atoms with E-state index in [1.165, 1.54) is 5.56 Å². The van der Waals surface area contributed by atoms with Gasteiger partial charge < -0.3 is 9.73 Å². The van der Waals surface area contributed by atoms with Crippen LogP contribution < -0.4 is 5.32 Å². The van der Waals surface area contributed by atoms with E-state index in [0.717, 1.165) is 24.1 Å². The Bertz CT molecular complexity index is 728. The normalized spacial score (nSPS) is 13.9. The van der Waals surface area contributed by atoms with Crippen molar-refractivity contribution in [1.29, 1.82) is 0 Å². The van der Waals surface area contributed by atoms with E-state index in [1.807, 2.05) is 32.0 Å². The van der Waals surface area contributed by atoms with Gasteiger partial charge in [0.05, 0.1) is 5.56 Å². The minimum Gasteiger partial charge on any atom is -0.455 e. The molecule has 1 heterocycles. The van der Waals surface area contributed by atoms with Crippen LogP contribution in [0.15, 0.2) is 28.7 Å². The van der Waals surface area contributed by atoms with Gasteiger partial charge in [-0.3, -0.25) is 9.59 Å². The molecular weight excluding hydrogens is 266 g/mol. The molecule has 4 nitrogen and oxygen atoms in total. The Kier molecular flexibility index (Phi) is 3.37. The predicted molar refractivity (Wildman–Crippen MR) is 79.8 cm³/mol. The molecule has 0 radical (unpaired) electrons. The van der Waals surface area contributed by atoms with E-state index in [1.54, 1.807) is 6.07 Å². The number of furan rings is 1. The Hall–Kier alpha value is -2.36. The van der Waals surface area contributed by atoms with Gasteiger partial charge in [-0.05, 0) is 43.5 Å². The second-order valence-corrected chi connectivity index (χ2v) is 5.48. The molecule has 3 rings (SSSR count). The van der Waals surface area contributed by atoms with Gasteiger partial charge in [-0.15, -0.1) is 0 Å². The molecule has 21 heavy (non-hydrogen) atoms. The second kappa shape index (κ2) is 5.20. The van der Waals surface area contributed by atoms with Crippen LogP contribution in [-0.4, -0.2) is 11.7 Å². The lowest BCUT2D eigenvalue weighted by Crippen LogP contribution is -2.11. The maximum absolute atomic E-state index is 12.2. The molecule has 1 aromatic heterocycles. The van der Waals surface area contributed by atoms with E-state index in [0.29, 0.717) is 17.7 Å². The van der Waals surface area contributed by atoms with Crippen LogP contribution in [0, 0.1) is 13.8 Å². The number of nitrogens with one attached hydrogen (secondary N) is 1. The largest absolute Gasteiger partial charge is 0.455 e. The molecule has 1 aromatic carbocycles. The Morgan fingerprint density at radius 3 is 2.67 bits per heavy atom. The Balaban J connectivity index is 1.82. The summed E-state index contributed by atoms with van der Waals surface area (Å²) in [7, 11) is 0. The van der Waals surface area contributed by atoms with Crippen molar-refractivity contribution < 1.29 is 14.0 Å². The van der Waals surface area contributed by atoms with E-state index < -0.39 is 0 Å². The van der Waals surface area contributed by atoms with Gasteiger partial charge in [0.2, 0.25) is 0 Å². The fraction of sp³-hybridized carbons (Fsp3) is 0.294. The van der Waals surface area contributed by atoms with Crippen molar-refractivity contribution in [2.45, 2.75) is 33.1 Å². The van der Waals surface area contributed by atoms with Crippen LogP contribution in [-0.2, 0) is 6.42 Å². The SMILES string of the molecule is Cc1ccc(NC(=O)c2cc3c(o2)CCCC3=O)cc1C. The number of hydrogen-bond donors (Lipinski definition) is 1. The summed E-state index contributed by atoms with van der Waals surface area (Å²) in [5, 5.41) is 2.81. The van der Waals surface area contributed by atoms with Crippen molar-refractivity contribution in [2.75, 3.05) is 5.32 Å². The van der Waals surface area contributed by atoms with Crippen molar-refractivity contribution in [3.63, 3.8) is 0 Å². The first kappa shape index (κ1) is 13.6. The summed E-state index contributed by atoms with van der Waals surface area (Å²) < 4.78 is 5.53. The molecule has 0 bridgehead atoms. The standard InChI is InChI=1S/C17H17NO3/c1-10-6-7-12(8-11(10)2)18-17(20)16-9-13-14(19)4-3-5-15(13)21-16/h6-9H,3-5H2,1-2H3,(H,18,20). The highest BCUT2D eigenvalue weighted by atomic mass is 16.4. The highest BCUT2D eigenvalue weighted by Gasteiger charge is 2.24. The monoisotopic (exact) mass is 283 g/mol. The summed E-state index contributed by atoms with van der Waals surface area (Å²) in [5.41, 5.74) is 3.57. The van der Waals surface area contributed by atoms with Gasteiger partial charge in [0.15, 0.2) is 11.5 Å². The number of aryl methyl sites for hydroxylation is 3. The molecule has 0 unspecified atom stereocenters. The number of carbonyl (C=O) groups is 2. The minimum absolute atomic E-state index is 0.0604. The van der Waals surface area contributed by atoms with Gasteiger partial charge in [0.25, 0.3) is 5.91 Å². The van der Waals surface area contributed by atoms with Crippen LogP contribution >= 0.6 is 0 Å². The van der Waals surface area contributed by atoms with Crippen molar-refractivity contribution in [2.24, 2.45) is 0 Å². The van der Waals surface area contributed by atoms with E-state index in [2.05, 4.69) is 5.32 Å². The quantitative estimate of drug-likeness (QED) is 0.914. The van der Waals surface area contributed by atoms with Crippen molar-refractivity contribution in [3.8, 4) is 0 Å². The lowest BCUT2D eigenvalue weighted by atomic mass is 9.97. The third kappa shape index (κ3) is 2.61. The number of Topliss-reactive ketones (excluding diaryl/α,β-unsaturated/α-hetero) is 1. The Labute approximate surface area is 123 Å².